The van der Waals surface area contributed by atoms with Gasteiger partial charge in [0.1, 0.15) is 17.0 Å². The number of aromatic amines is 1. The minimum atomic E-state index is 0.386. The Morgan fingerprint density at radius 1 is 1.03 bits per heavy atom. The number of aromatic nitrogens is 4. The highest BCUT2D eigenvalue weighted by atomic mass is 16.6. The van der Waals surface area contributed by atoms with Gasteiger partial charge in [-0.3, -0.25) is 0 Å². The Morgan fingerprint density at radius 3 is 2.44 bits per heavy atom. The zero-order valence-corrected chi connectivity index (χ0v) is 20.0. The summed E-state index contributed by atoms with van der Waals surface area (Å²) in [5.41, 5.74) is 2.97. The smallest absolute Gasteiger partial charge is 0.139 e. The molecule has 34 heavy (non-hydrogen) atoms. The molecule has 1 N–H and O–H groups in total. The first-order valence-corrected chi connectivity index (χ1v) is 12.2. The molecule has 0 atom stereocenters. The first-order valence-electron chi connectivity index (χ1n) is 12.2. The van der Waals surface area contributed by atoms with E-state index in [9.17, 15) is 0 Å². The average molecular weight is 470 g/mol. The lowest BCUT2D eigenvalue weighted by atomic mass is 9.84. The van der Waals surface area contributed by atoms with Crippen molar-refractivity contribution in [2.24, 2.45) is 5.92 Å². The fourth-order valence-electron chi connectivity index (χ4n) is 4.79. The lowest BCUT2D eigenvalue weighted by Gasteiger charge is -2.30. The molecular weight excluding hydrogens is 434 g/mol. The molecule has 9 nitrogen and oxygen atoms in total. The lowest BCUT2D eigenvalue weighted by molar-refractivity contribution is 0.00385. The Kier molecular flexibility index (Phi) is 9.27. The number of hydrogen-bond acceptors (Lipinski definition) is 7. The maximum Gasteiger partial charge on any atom is 0.139 e. The highest BCUT2D eigenvalue weighted by molar-refractivity contribution is 6.01. The van der Waals surface area contributed by atoms with Crippen molar-refractivity contribution in [2.45, 2.75) is 44.6 Å². The second-order valence-electron chi connectivity index (χ2n) is 8.75. The summed E-state index contributed by atoms with van der Waals surface area (Å²) in [5.74, 6) is 1.56. The molecular formula is C25H35N5O4. The fourth-order valence-corrected chi connectivity index (χ4v) is 4.79. The Labute approximate surface area is 200 Å². The number of fused-ring (bicyclic) bond motifs is 3. The van der Waals surface area contributed by atoms with Gasteiger partial charge in [-0.2, -0.15) is 5.26 Å². The van der Waals surface area contributed by atoms with Crippen molar-refractivity contribution >= 4 is 22.1 Å². The molecule has 3 aromatic heterocycles. The third-order valence-corrected chi connectivity index (χ3v) is 6.51. The van der Waals surface area contributed by atoms with Gasteiger partial charge in [0.2, 0.25) is 0 Å². The number of nitrogens with one attached hydrogen (secondary N) is 1. The summed E-state index contributed by atoms with van der Waals surface area (Å²) in [6.07, 6.45) is 9.50. The van der Waals surface area contributed by atoms with Gasteiger partial charge in [-0.1, -0.05) is 0 Å². The van der Waals surface area contributed by atoms with Crippen LogP contribution in [-0.4, -0.2) is 72.9 Å². The number of nitrogens with zero attached hydrogens (tertiary/aromatic N) is 4. The van der Waals surface area contributed by atoms with Gasteiger partial charge in [0.15, 0.2) is 0 Å². The van der Waals surface area contributed by atoms with Gasteiger partial charge in [0.05, 0.1) is 64.0 Å². The van der Waals surface area contributed by atoms with Crippen LogP contribution < -0.4 is 0 Å². The number of hydrogen-bond donors (Lipinski definition) is 1. The second kappa shape index (κ2) is 12.8. The molecule has 0 spiro atoms. The molecule has 3 aromatic rings. The van der Waals surface area contributed by atoms with Gasteiger partial charge in [0.25, 0.3) is 0 Å². The van der Waals surface area contributed by atoms with Gasteiger partial charge < -0.3 is 28.5 Å². The maximum absolute atomic E-state index is 9.07. The van der Waals surface area contributed by atoms with Crippen LogP contribution in [0.1, 0.15) is 44.0 Å². The molecule has 9 heteroatoms. The van der Waals surface area contributed by atoms with E-state index in [2.05, 4.69) is 26.7 Å². The Balaban J connectivity index is 1.35. The van der Waals surface area contributed by atoms with Crippen LogP contribution in [0.4, 0.5) is 0 Å². The molecule has 0 bridgehead atoms. The molecule has 0 unspecified atom stereocenters. The monoisotopic (exact) mass is 469 g/mol. The van der Waals surface area contributed by atoms with E-state index in [1.807, 2.05) is 12.4 Å². The van der Waals surface area contributed by atoms with Crippen LogP contribution in [0.3, 0.4) is 0 Å². The molecule has 0 aliphatic heterocycles. The summed E-state index contributed by atoms with van der Waals surface area (Å²) in [5, 5.41) is 10.2. The van der Waals surface area contributed by atoms with Crippen molar-refractivity contribution in [3.8, 4) is 6.07 Å². The number of rotatable bonds is 14. The zero-order chi connectivity index (χ0) is 23.6. The van der Waals surface area contributed by atoms with Crippen molar-refractivity contribution in [3.05, 3.63) is 24.3 Å². The SMILES string of the molecule is COCCOCCOCCOCCc1nc2cnc3[nH]ccc3c2n1[C@H]1CC[C@H](CC#N)CC1. The molecule has 4 rings (SSSR count). The Morgan fingerprint density at radius 2 is 1.74 bits per heavy atom. The molecule has 0 saturated heterocycles. The highest BCUT2D eigenvalue weighted by Gasteiger charge is 2.26. The lowest BCUT2D eigenvalue weighted by Crippen LogP contribution is -2.20. The van der Waals surface area contributed by atoms with Crippen molar-refractivity contribution in [3.63, 3.8) is 0 Å². The van der Waals surface area contributed by atoms with Crippen molar-refractivity contribution in [1.82, 2.24) is 19.5 Å². The largest absolute Gasteiger partial charge is 0.382 e. The van der Waals surface area contributed by atoms with Crippen LogP contribution >= 0.6 is 0 Å². The number of nitriles is 1. The van der Waals surface area contributed by atoms with Crippen LogP contribution in [0.2, 0.25) is 0 Å². The van der Waals surface area contributed by atoms with Crippen molar-refractivity contribution in [2.75, 3.05) is 53.4 Å². The summed E-state index contributed by atoms with van der Waals surface area (Å²) < 4.78 is 24.1. The van der Waals surface area contributed by atoms with E-state index in [0.717, 1.165) is 60.0 Å². The molecule has 0 aromatic carbocycles. The van der Waals surface area contributed by atoms with E-state index in [1.165, 1.54) is 0 Å². The van der Waals surface area contributed by atoms with Gasteiger partial charge in [-0.15, -0.1) is 0 Å². The molecule has 0 amide bonds. The molecule has 1 aliphatic carbocycles. The maximum atomic E-state index is 9.07. The van der Waals surface area contributed by atoms with Gasteiger partial charge in [-0.25, -0.2) is 9.97 Å². The molecule has 1 fully saturated rings. The van der Waals surface area contributed by atoms with Crippen molar-refractivity contribution in [1.29, 1.82) is 5.26 Å². The standard InChI is InChI=1S/C25H35N5O4/c1-31-12-13-33-16-17-34-15-14-32-11-8-23-29-22-18-28-25-21(7-10-27-25)24(22)30(23)20-4-2-19(3-5-20)6-9-26/h7,10,18-20H,2-6,8,11-17H2,1H3,(H,27,28)/t19-,20-. The number of H-pyrrole nitrogens is 1. The van der Waals surface area contributed by atoms with Crippen LogP contribution in [0.25, 0.3) is 22.1 Å². The summed E-state index contributed by atoms with van der Waals surface area (Å²) in [6, 6.07) is 4.81. The fraction of sp³-hybridized carbons (Fsp3) is 0.640. The summed E-state index contributed by atoms with van der Waals surface area (Å²) in [7, 11) is 1.66. The topological polar surface area (TPSA) is 107 Å². The van der Waals surface area contributed by atoms with Crippen LogP contribution in [-0.2, 0) is 25.4 Å². The molecule has 0 radical (unpaired) electrons. The summed E-state index contributed by atoms with van der Waals surface area (Å²) in [6.45, 7) is 3.97. The van der Waals surface area contributed by atoms with E-state index in [1.54, 1.807) is 7.11 Å². The molecule has 1 saturated carbocycles. The number of ether oxygens (including phenoxy) is 4. The van der Waals surface area contributed by atoms with Gasteiger partial charge >= 0.3 is 0 Å². The number of pyridine rings is 1. The predicted molar refractivity (Wildman–Crippen MR) is 129 cm³/mol. The third-order valence-electron chi connectivity index (χ3n) is 6.51. The number of methoxy groups -OCH3 is 1. The predicted octanol–water partition coefficient (Wildman–Crippen LogP) is 3.80. The first kappa shape index (κ1) is 24.6. The normalized spacial score (nSPS) is 18.6. The van der Waals surface area contributed by atoms with E-state index in [0.29, 0.717) is 64.6 Å². The zero-order valence-electron chi connectivity index (χ0n) is 20.0. The van der Waals surface area contributed by atoms with Crippen molar-refractivity contribution < 1.29 is 18.9 Å². The summed E-state index contributed by atoms with van der Waals surface area (Å²) >= 11 is 0. The minimum Gasteiger partial charge on any atom is -0.382 e. The Hall–Kier alpha value is -2.51. The van der Waals surface area contributed by atoms with E-state index in [-0.39, 0.29) is 0 Å². The van der Waals surface area contributed by atoms with E-state index >= 15 is 0 Å². The minimum absolute atomic E-state index is 0.386. The van der Waals surface area contributed by atoms with E-state index in [4.69, 9.17) is 29.2 Å². The molecule has 184 valence electrons. The van der Waals surface area contributed by atoms with Crippen LogP contribution in [0.15, 0.2) is 18.5 Å². The summed E-state index contributed by atoms with van der Waals surface area (Å²) in [4.78, 5) is 12.7. The van der Waals surface area contributed by atoms with Gasteiger partial charge in [0, 0.05) is 37.6 Å². The Bertz CT molecular complexity index is 1060. The average Bonchev–Trinajstić information content (AvgIpc) is 3.47. The third kappa shape index (κ3) is 6.13. The van der Waals surface area contributed by atoms with Crippen LogP contribution in [0.5, 0.6) is 0 Å². The molecule has 3 heterocycles. The second-order valence-corrected chi connectivity index (χ2v) is 8.75. The van der Waals surface area contributed by atoms with Gasteiger partial charge in [-0.05, 0) is 37.7 Å². The first-order chi connectivity index (χ1) is 16.8. The van der Waals surface area contributed by atoms with E-state index < -0.39 is 0 Å². The quantitative estimate of drug-likeness (QED) is 0.358. The highest BCUT2D eigenvalue weighted by Crippen LogP contribution is 2.37. The number of imidazole rings is 1. The molecule has 1 aliphatic rings. The van der Waals surface area contributed by atoms with Crippen LogP contribution in [0, 0.1) is 17.2 Å².